The first-order chi connectivity index (χ1) is 11.1. The lowest BCUT2D eigenvalue weighted by Gasteiger charge is -2.01. The van der Waals surface area contributed by atoms with Crippen LogP contribution in [-0.4, -0.2) is 23.5 Å². The van der Waals surface area contributed by atoms with Gasteiger partial charge in [-0.1, -0.05) is 48.6 Å². The second-order valence-corrected chi connectivity index (χ2v) is 6.59. The lowest BCUT2D eigenvalue weighted by Crippen LogP contribution is -2.14. The first-order valence-electron chi connectivity index (χ1n) is 7.64. The van der Waals surface area contributed by atoms with Gasteiger partial charge in [0, 0.05) is 11.5 Å². The van der Waals surface area contributed by atoms with Crippen LogP contribution in [0.1, 0.15) is 29.9 Å². The Labute approximate surface area is 138 Å². The maximum absolute atomic E-state index is 12.2. The lowest BCUT2D eigenvalue weighted by molar-refractivity contribution is -0.117. The quantitative estimate of drug-likeness (QED) is 0.851. The molecule has 1 amide bonds. The van der Waals surface area contributed by atoms with Crippen molar-refractivity contribution in [2.24, 2.45) is 11.8 Å². The van der Waals surface area contributed by atoms with E-state index in [9.17, 15) is 9.59 Å². The number of ether oxygens (including phenoxy) is 1. The molecule has 6 heteroatoms. The molecule has 1 aliphatic rings. The molecular formula is C17H18N2O3S. The van der Waals surface area contributed by atoms with Gasteiger partial charge < -0.3 is 10.1 Å². The van der Waals surface area contributed by atoms with Gasteiger partial charge in [0.1, 0.15) is 4.88 Å². The normalized spacial score (nSPS) is 19.2. The van der Waals surface area contributed by atoms with Crippen molar-refractivity contribution in [1.82, 2.24) is 4.98 Å². The van der Waals surface area contributed by atoms with Gasteiger partial charge in [0.05, 0.1) is 12.3 Å². The third-order valence-electron chi connectivity index (χ3n) is 3.81. The lowest BCUT2D eigenvalue weighted by atomic mass is 10.1. The van der Waals surface area contributed by atoms with Crippen molar-refractivity contribution in [1.29, 1.82) is 0 Å². The maximum Gasteiger partial charge on any atom is 0.350 e. The Balaban J connectivity index is 1.90. The first-order valence-corrected chi connectivity index (χ1v) is 8.46. The van der Waals surface area contributed by atoms with E-state index < -0.39 is 5.97 Å². The number of nitrogens with one attached hydrogen (secondary N) is 1. The molecule has 1 heterocycles. The van der Waals surface area contributed by atoms with Gasteiger partial charge >= 0.3 is 5.97 Å². The average molecular weight is 330 g/mol. The number of thiazole rings is 1. The molecule has 1 aromatic carbocycles. The van der Waals surface area contributed by atoms with Crippen molar-refractivity contribution in [3.63, 3.8) is 0 Å². The van der Waals surface area contributed by atoms with E-state index in [1.54, 1.807) is 6.92 Å². The summed E-state index contributed by atoms with van der Waals surface area (Å²) in [5, 5.41) is 3.26. The fraction of sp³-hybridized carbons (Fsp3) is 0.353. The SMILES string of the molecule is CCOC(=O)c1sc(NC(=O)C2CC2C)nc1-c1ccccc1. The Morgan fingerprint density at radius 2 is 2.04 bits per heavy atom. The third-order valence-corrected chi connectivity index (χ3v) is 4.76. The Hall–Kier alpha value is -2.21. The van der Waals surface area contributed by atoms with Gasteiger partial charge in [0.25, 0.3) is 0 Å². The highest BCUT2D eigenvalue weighted by Crippen LogP contribution is 2.39. The summed E-state index contributed by atoms with van der Waals surface area (Å²) in [4.78, 5) is 29.1. The van der Waals surface area contributed by atoms with Crippen LogP contribution in [0.25, 0.3) is 11.3 Å². The van der Waals surface area contributed by atoms with Crippen molar-refractivity contribution in [2.75, 3.05) is 11.9 Å². The first kappa shape index (κ1) is 15.7. The van der Waals surface area contributed by atoms with Crippen LogP contribution in [-0.2, 0) is 9.53 Å². The number of hydrogen-bond donors (Lipinski definition) is 1. The van der Waals surface area contributed by atoms with Crippen LogP contribution in [0.5, 0.6) is 0 Å². The minimum atomic E-state index is -0.413. The summed E-state index contributed by atoms with van der Waals surface area (Å²) in [5.74, 6) is 0.0450. The zero-order valence-electron chi connectivity index (χ0n) is 13.0. The fourth-order valence-electron chi connectivity index (χ4n) is 2.39. The number of carbonyl (C=O) groups excluding carboxylic acids is 2. The molecule has 2 atom stereocenters. The van der Waals surface area contributed by atoms with E-state index in [0.717, 1.165) is 23.3 Å². The van der Waals surface area contributed by atoms with Gasteiger partial charge in [-0.15, -0.1) is 0 Å². The molecule has 120 valence electrons. The molecule has 3 rings (SSSR count). The molecule has 0 bridgehead atoms. The zero-order valence-corrected chi connectivity index (χ0v) is 13.9. The van der Waals surface area contributed by atoms with E-state index in [0.29, 0.717) is 28.2 Å². The monoisotopic (exact) mass is 330 g/mol. The third kappa shape index (κ3) is 3.42. The number of nitrogens with zero attached hydrogens (tertiary/aromatic N) is 1. The Bertz CT molecular complexity index is 727. The highest BCUT2D eigenvalue weighted by Gasteiger charge is 2.39. The van der Waals surface area contributed by atoms with Gasteiger partial charge in [0.2, 0.25) is 5.91 Å². The molecule has 0 aliphatic heterocycles. The summed E-state index contributed by atoms with van der Waals surface area (Å²) in [6.45, 7) is 4.11. The second kappa shape index (κ2) is 6.50. The topological polar surface area (TPSA) is 68.3 Å². The summed E-state index contributed by atoms with van der Waals surface area (Å²) in [7, 11) is 0. The summed E-state index contributed by atoms with van der Waals surface area (Å²) < 4.78 is 5.10. The average Bonchev–Trinajstić information content (AvgIpc) is 3.13. The fourth-order valence-corrected chi connectivity index (χ4v) is 3.27. The number of amides is 1. The number of benzene rings is 1. The molecule has 23 heavy (non-hydrogen) atoms. The minimum absolute atomic E-state index is 0.0266. The summed E-state index contributed by atoms with van der Waals surface area (Å²) in [5.41, 5.74) is 1.38. The van der Waals surface area contributed by atoms with Gasteiger partial charge in [-0.3, -0.25) is 4.79 Å². The van der Waals surface area contributed by atoms with Crippen LogP contribution in [0.3, 0.4) is 0 Å². The zero-order chi connectivity index (χ0) is 16.4. The molecule has 0 radical (unpaired) electrons. The number of hydrogen-bond acceptors (Lipinski definition) is 5. The van der Waals surface area contributed by atoms with E-state index in [1.165, 1.54) is 0 Å². The molecule has 1 aliphatic carbocycles. The van der Waals surface area contributed by atoms with E-state index in [1.807, 2.05) is 37.3 Å². The van der Waals surface area contributed by atoms with Crippen LogP contribution >= 0.6 is 11.3 Å². The maximum atomic E-state index is 12.2. The number of rotatable bonds is 5. The number of carbonyl (C=O) groups is 2. The van der Waals surface area contributed by atoms with Gasteiger partial charge in [-0.25, -0.2) is 9.78 Å². The highest BCUT2D eigenvalue weighted by atomic mass is 32.1. The molecule has 1 aromatic heterocycles. The van der Waals surface area contributed by atoms with Crippen molar-refractivity contribution in [3.05, 3.63) is 35.2 Å². The Kier molecular flexibility index (Phi) is 4.43. The highest BCUT2D eigenvalue weighted by molar-refractivity contribution is 7.18. The minimum Gasteiger partial charge on any atom is -0.462 e. The number of aromatic nitrogens is 1. The van der Waals surface area contributed by atoms with E-state index in [-0.39, 0.29) is 11.8 Å². The van der Waals surface area contributed by atoms with Gasteiger partial charge in [-0.05, 0) is 19.3 Å². The molecule has 1 N–H and O–H groups in total. The molecule has 0 spiro atoms. The smallest absolute Gasteiger partial charge is 0.350 e. The standard InChI is InChI=1S/C17H18N2O3S/c1-3-22-16(21)14-13(11-7-5-4-6-8-11)18-17(23-14)19-15(20)12-9-10(12)2/h4-8,10,12H,3,9H2,1-2H3,(H,18,19,20). The summed E-state index contributed by atoms with van der Waals surface area (Å²) in [6.07, 6.45) is 0.910. The van der Waals surface area contributed by atoms with Crippen LogP contribution in [0.15, 0.2) is 30.3 Å². The van der Waals surface area contributed by atoms with E-state index in [4.69, 9.17) is 4.74 Å². The Morgan fingerprint density at radius 1 is 1.35 bits per heavy atom. The number of anilines is 1. The second-order valence-electron chi connectivity index (χ2n) is 5.59. The van der Waals surface area contributed by atoms with Gasteiger partial charge in [0.15, 0.2) is 5.13 Å². The van der Waals surface area contributed by atoms with Crippen LogP contribution in [0.4, 0.5) is 5.13 Å². The van der Waals surface area contributed by atoms with Crippen LogP contribution < -0.4 is 5.32 Å². The molecule has 0 saturated heterocycles. The predicted molar refractivity (Wildman–Crippen MR) is 89.4 cm³/mol. The van der Waals surface area contributed by atoms with Crippen molar-refractivity contribution in [2.45, 2.75) is 20.3 Å². The summed E-state index contributed by atoms with van der Waals surface area (Å²) in [6, 6.07) is 9.43. The summed E-state index contributed by atoms with van der Waals surface area (Å²) >= 11 is 1.16. The molecule has 1 saturated carbocycles. The molecule has 2 unspecified atom stereocenters. The molecule has 5 nitrogen and oxygen atoms in total. The molecule has 2 aromatic rings. The predicted octanol–water partition coefficient (Wildman–Crippen LogP) is 3.58. The number of esters is 1. The largest absolute Gasteiger partial charge is 0.462 e. The van der Waals surface area contributed by atoms with Crippen LogP contribution in [0.2, 0.25) is 0 Å². The van der Waals surface area contributed by atoms with E-state index in [2.05, 4.69) is 10.3 Å². The van der Waals surface area contributed by atoms with Crippen molar-refractivity contribution in [3.8, 4) is 11.3 Å². The molecule has 1 fully saturated rings. The molecular weight excluding hydrogens is 312 g/mol. The van der Waals surface area contributed by atoms with Crippen LogP contribution in [0, 0.1) is 11.8 Å². The van der Waals surface area contributed by atoms with Crippen molar-refractivity contribution < 1.29 is 14.3 Å². The van der Waals surface area contributed by atoms with Crippen molar-refractivity contribution >= 4 is 28.3 Å². The van der Waals surface area contributed by atoms with E-state index >= 15 is 0 Å². The Morgan fingerprint density at radius 3 is 2.65 bits per heavy atom. The van der Waals surface area contributed by atoms with Gasteiger partial charge in [-0.2, -0.15) is 0 Å².